The maximum Gasteiger partial charge on any atom is 0.152 e. The number of nitrogens with two attached hydrogens (primary N) is 1. The van der Waals surface area contributed by atoms with E-state index in [4.69, 9.17) is 26.6 Å². The maximum atomic E-state index is 6.16. The van der Waals surface area contributed by atoms with Gasteiger partial charge >= 0.3 is 0 Å². The van der Waals surface area contributed by atoms with Crippen LogP contribution in [0.25, 0.3) is 11.0 Å². The van der Waals surface area contributed by atoms with Gasteiger partial charge in [-0.3, -0.25) is 5.84 Å². The predicted molar refractivity (Wildman–Crippen MR) is 79.5 cm³/mol. The number of para-hydroxylation sites is 1. The van der Waals surface area contributed by atoms with E-state index in [1.54, 1.807) is 0 Å². The molecule has 0 saturated carbocycles. The Labute approximate surface area is 123 Å². The second-order valence-electron chi connectivity index (χ2n) is 5.52. The highest BCUT2D eigenvalue weighted by Crippen LogP contribution is 2.39. The molecule has 2 aromatic rings. The third kappa shape index (κ3) is 2.33. The Hall–Kier alpha value is -1.07. The standard InChI is InChI=1S/C15H19ClN2O2/c1-15(7-2-3-8-19-15)14(18-17)12-9-10-5-4-6-11(16)13(10)20-12/h4-6,9,14,18H,2-3,7-8,17H2,1H3. The molecule has 2 atom stereocenters. The quantitative estimate of drug-likeness (QED) is 0.671. The fourth-order valence-electron chi connectivity index (χ4n) is 2.93. The Morgan fingerprint density at radius 3 is 2.90 bits per heavy atom. The molecule has 1 aliphatic rings. The van der Waals surface area contributed by atoms with Crippen molar-refractivity contribution in [3.05, 3.63) is 35.0 Å². The molecule has 0 spiro atoms. The van der Waals surface area contributed by atoms with E-state index in [1.807, 2.05) is 24.3 Å². The lowest BCUT2D eigenvalue weighted by Gasteiger charge is -2.39. The minimum Gasteiger partial charge on any atom is -0.458 e. The number of hydrogen-bond donors (Lipinski definition) is 2. The van der Waals surface area contributed by atoms with Crippen LogP contribution in [0.3, 0.4) is 0 Å². The highest BCUT2D eigenvalue weighted by molar-refractivity contribution is 6.34. The fourth-order valence-corrected chi connectivity index (χ4v) is 3.15. The Balaban J connectivity index is 2.00. The fraction of sp³-hybridized carbons (Fsp3) is 0.467. The largest absolute Gasteiger partial charge is 0.458 e. The van der Waals surface area contributed by atoms with Gasteiger partial charge in [0.2, 0.25) is 0 Å². The summed E-state index contributed by atoms with van der Waals surface area (Å²) < 4.78 is 11.9. The minimum atomic E-state index is -0.354. The zero-order valence-electron chi connectivity index (χ0n) is 11.5. The first-order valence-electron chi connectivity index (χ1n) is 6.92. The van der Waals surface area contributed by atoms with E-state index in [1.165, 1.54) is 0 Å². The first-order valence-corrected chi connectivity index (χ1v) is 7.30. The summed E-state index contributed by atoms with van der Waals surface area (Å²) in [6.45, 7) is 2.83. The number of hydrazine groups is 1. The highest BCUT2D eigenvalue weighted by atomic mass is 35.5. The summed E-state index contributed by atoms with van der Waals surface area (Å²) in [6, 6.07) is 7.50. The monoisotopic (exact) mass is 294 g/mol. The molecule has 3 N–H and O–H groups in total. The molecule has 20 heavy (non-hydrogen) atoms. The van der Waals surface area contributed by atoms with Crippen LogP contribution in [0.5, 0.6) is 0 Å². The van der Waals surface area contributed by atoms with Gasteiger partial charge in [-0.1, -0.05) is 23.7 Å². The number of ether oxygens (including phenoxy) is 1. The first kappa shape index (κ1) is 13.9. The number of nitrogens with one attached hydrogen (secondary N) is 1. The first-order chi connectivity index (χ1) is 9.64. The molecule has 1 aromatic heterocycles. The van der Waals surface area contributed by atoms with Crippen molar-refractivity contribution >= 4 is 22.6 Å². The predicted octanol–water partition coefficient (Wildman–Crippen LogP) is 3.55. The molecule has 0 amide bonds. The molecule has 1 saturated heterocycles. The zero-order chi connectivity index (χ0) is 14.2. The third-order valence-electron chi connectivity index (χ3n) is 4.08. The van der Waals surface area contributed by atoms with Crippen molar-refractivity contribution in [1.82, 2.24) is 5.43 Å². The summed E-state index contributed by atoms with van der Waals surface area (Å²) >= 11 is 6.16. The van der Waals surface area contributed by atoms with Gasteiger partial charge < -0.3 is 9.15 Å². The van der Waals surface area contributed by atoms with Crippen LogP contribution >= 0.6 is 11.6 Å². The lowest BCUT2D eigenvalue weighted by Crippen LogP contribution is -2.48. The summed E-state index contributed by atoms with van der Waals surface area (Å²) in [4.78, 5) is 0. The van der Waals surface area contributed by atoms with E-state index in [0.29, 0.717) is 10.6 Å². The summed E-state index contributed by atoms with van der Waals surface area (Å²) in [5.74, 6) is 6.52. The van der Waals surface area contributed by atoms with E-state index < -0.39 is 0 Å². The maximum absolute atomic E-state index is 6.16. The molecule has 1 aliphatic heterocycles. The van der Waals surface area contributed by atoms with Gasteiger partial charge in [0.25, 0.3) is 0 Å². The van der Waals surface area contributed by atoms with Crippen molar-refractivity contribution in [3.8, 4) is 0 Å². The lowest BCUT2D eigenvalue weighted by atomic mass is 9.87. The summed E-state index contributed by atoms with van der Waals surface area (Å²) in [7, 11) is 0. The Bertz CT molecular complexity index is 605. The molecular weight excluding hydrogens is 276 g/mol. The molecule has 0 aliphatic carbocycles. The topological polar surface area (TPSA) is 60.4 Å². The van der Waals surface area contributed by atoms with Crippen LogP contribution in [-0.2, 0) is 4.74 Å². The highest BCUT2D eigenvalue weighted by Gasteiger charge is 2.39. The van der Waals surface area contributed by atoms with E-state index >= 15 is 0 Å². The molecule has 108 valence electrons. The van der Waals surface area contributed by atoms with Gasteiger partial charge in [0.15, 0.2) is 5.58 Å². The van der Waals surface area contributed by atoms with Crippen LogP contribution in [0.4, 0.5) is 0 Å². The second kappa shape index (κ2) is 5.37. The van der Waals surface area contributed by atoms with Crippen LogP contribution in [0, 0.1) is 0 Å². The van der Waals surface area contributed by atoms with E-state index in [-0.39, 0.29) is 11.6 Å². The Kier molecular flexibility index (Phi) is 3.73. The smallest absolute Gasteiger partial charge is 0.152 e. The van der Waals surface area contributed by atoms with Crippen molar-refractivity contribution in [2.24, 2.45) is 5.84 Å². The molecule has 2 heterocycles. The average Bonchev–Trinajstić information content (AvgIpc) is 2.85. The van der Waals surface area contributed by atoms with Crippen molar-refractivity contribution in [2.45, 2.75) is 37.8 Å². The van der Waals surface area contributed by atoms with E-state index in [2.05, 4.69) is 12.3 Å². The van der Waals surface area contributed by atoms with Gasteiger partial charge in [0, 0.05) is 12.0 Å². The summed E-state index contributed by atoms with van der Waals surface area (Å²) in [5, 5.41) is 1.59. The average molecular weight is 295 g/mol. The van der Waals surface area contributed by atoms with Crippen molar-refractivity contribution in [3.63, 3.8) is 0 Å². The van der Waals surface area contributed by atoms with E-state index in [0.717, 1.165) is 37.0 Å². The Morgan fingerprint density at radius 1 is 1.40 bits per heavy atom. The summed E-state index contributed by atoms with van der Waals surface area (Å²) in [6.07, 6.45) is 3.18. The zero-order valence-corrected chi connectivity index (χ0v) is 12.2. The van der Waals surface area contributed by atoms with Crippen LogP contribution in [-0.4, -0.2) is 12.2 Å². The molecule has 0 bridgehead atoms. The van der Waals surface area contributed by atoms with E-state index in [9.17, 15) is 0 Å². The molecule has 2 unspecified atom stereocenters. The lowest BCUT2D eigenvalue weighted by molar-refractivity contribution is -0.0934. The van der Waals surface area contributed by atoms with Gasteiger partial charge in [-0.15, -0.1) is 0 Å². The molecule has 4 nitrogen and oxygen atoms in total. The number of rotatable bonds is 3. The van der Waals surface area contributed by atoms with Crippen molar-refractivity contribution < 1.29 is 9.15 Å². The number of furan rings is 1. The third-order valence-corrected chi connectivity index (χ3v) is 4.37. The van der Waals surface area contributed by atoms with Gasteiger partial charge in [-0.2, -0.15) is 0 Å². The SMILES string of the molecule is CC1(C(NN)c2cc3cccc(Cl)c3o2)CCCCO1. The number of hydrogen-bond acceptors (Lipinski definition) is 4. The van der Waals surface area contributed by atoms with Crippen molar-refractivity contribution in [1.29, 1.82) is 0 Å². The molecular formula is C15H19ClN2O2. The second-order valence-corrected chi connectivity index (χ2v) is 5.93. The Morgan fingerprint density at radius 2 is 2.25 bits per heavy atom. The van der Waals surface area contributed by atoms with Crippen LogP contribution in [0.15, 0.2) is 28.7 Å². The van der Waals surface area contributed by atoms with Gasteiger partial charge in [-0.05, 0) is 38.3 Å². The van der Waals surface area contributed by atoms with Gasteiger partial charge in [0.1, 0.15) is 11.8 Å². The van der Waals surface area contributed by atoms with Crippen molar-refractivity contribution in [2.75, 3.05) is 6.61 Å². The normalized spacial score (nSPS) is 24.9. The minimum absolute atomic E-state index is 0.189. The summed E-state index contributed by atoms with van der Waals surface area (Å²) in [5.41, 5.74) is 3.19. The number of benzene rings is 1. The molecule has 1 fully saturated rings. The van der Waals surface area contributed by atoms with Gasteiger partial charge in [0.05, 0.1) is 10.6 Å². The molecule has 5 heteroatoms. The molecule has 3 rings (SSSR count). The molecule has 1 aromatic carbocycles. The van der Waals surface area contributed by atoms with Crippen LogP contribution in [0.2, 0.25) is 5.02 Å². The molecule has 0 radical (unpaired) electrons. The van der Waals surface area contributed by atoms with Crippen LogP contribution < -0.4 is 11.3 Å². The van der Waals surface area contributed by atoms with Gasteiger partial charge in [-0.25, -0.2) is 5.43 Å². The number of halogens is 1. The number of fused-ring (bicyclic) bond motifs is 1. The van der Waals surface area contributed by atoms with Crippen LogP contribution in [0.1, 0.15) is 38.0 Å².